The molecule has 1 heterocycles. The molecule has 0 unspecified atom stereocenters. The topological polar surface area (TPSA) is 42.0 Å². The molecule has 1 N–H and O–H groups in total. The minimum absolute atomic E-state index is 0.290. The number of anilines is 1. The first kappa shape index (κ1) is 17.0. The number of nitrogens with one attached hydrogen (secondary N) is 1. The van der Waals surface area contributed by atoms with Crippen molar-refractivity contribution in [3.05, 3.63) is 69.0 Å². The largest absolute Gasteiger partial charge is 0.298 e. The van der Waals surface area contributed by atoms with Crippen LogP contribution in [0.1, 0.15) is 22.8 Å². The number of carbonyl (C=O) groups excluding carboxylic acids is 1. The van der Waals surface area contributed by atoms with Gasteiger partial charge in [-0.05, 0) is 30.2 Å². The van der Waals surface area contributed by atoms with Gasteiger partial charge in [-0.2, -0.15) is 0 Å². The predicted molar refractivity (Wildman–Crippen MR) is 101 cm³/mol. The van der Waals surface area contributed by atoms with Gasteiger partial charge in [0.15, 0.2) is 5.13 Å². The molecule has 0 fully saturated rings. The molecule has 0 spiro atoms. The van der Waals surface area contributed by atoms with Crippen molar-refractivity contribution >= 4 is 45.6 Å². The summed E-state index contributed by atoms with van der Waals surface area (Å²) in [5, 5.41) is 6.07. The Morgan fingerprint density at radius 2 is 1.79 bits per heavy atom. The van der Waals surface area contributed by atoms with E-state index in [2.05, 4.69) is 29.4 Å². The van der Waals surface area contributed by atoms with Crippen LogP contribution in [-0.2, 0) is 6.42 Å². The summed E-state index contributed by atoms with van der Waals surface area (Å²) in [5.41, 5.74) is 3.54. The number of rotatable bonds is 4. The molecule has 0 radical (unpaired) electrons. The van der Waals surface area contributed by atoms with Gasteiger partial charge in [0.2, 0.25) is 0 Å². The Balaban J connectivity index is 1.76. The summed E-state index contributed by atoms with van der Waals surface area (Å²) in [5.74, 6) is -0.290. The van der Waals surface area contributed by atoms with Crippen LogP contribution >= 0.6 is 34.5 Å². The van der Waals surface area contributed by atoms with Gasteiger partial charge in [0.1, 0.15) is 0 Å². The van der Waals surface area contributed by atoms with E-state index in [0.29, 0.717) is 20.7 Å². The number of hydrogen-bond acceptors (Lipinski definition) is 3. The highest BCUT2D eigenvalue weighted by molar-refractivity contribution is 7.14. The molecule has 3 rings (SSSR count). The predicted octanol–water partition coefficient (Wildman–Crippen LogP) is 5.93. The molecule has 0 atom stereocenters. The lowest BCUT2D eigenvalue weighted by atomic mass is 10.1. The fourth-order valence-corrected chi connectivity index (χ4v) is 3.47. The summed E-state index contributed by atoms with van der Waals surface area (Å²) in [6.45, 7) is 2.12. The van der Waals surface area contributed by atoms with E-state index in [0.717, 1.165) is 17.7 Å². The van der Waals surface area contributed by atoms with Crippen LogP contribution in [0.3, 0.4) is 0 Å². The molecule has 0 bridgehead atoms. The second kappa shape index (κ2) is 7.34. The van der Waals surface area contributed by atoms with E-state index in [1.54, 1.807) is 18.2 Å². The molecule has 3 nitrogen and oxygen atoms in total. The first-order valence-electron chi connectivity index (χ1n) is 7.37. The second-order valence-electron chi connectivity index (χ2n) is 5.20. The summed E-state index contributed by atoms with van der Waals surface area (Å²) >= 11 is 13.2. The average molecular weight is 377 g/mol. The smallest absolute Gasteiger partial charge is 0.257 e. The third-order valence-corrected chi connectivity index (χ3v) is 4.70. The van der Waals surface area contributed by atoms with Crippen LogP contribution in [0.4, 0.5) is 5.13 Å². The van der Waals surface area contributed by atoms with Crippen LogP contribution in [-0.4, -0.2) is 10.9 Å². The standard InChI is InChI=1S/C18H14Cl2N2OS/c1-2-11-3-5-12(6-4-11)16-10-24-18(21-16)22-17(23)13-7-14(19)9-15(20)8-13/h3-10H,2H2,1H3,(H,21,22,23). The molecule has 0 saturated carbocycles. The summed E-state index contributed by atoms with van der Waals surface area (Å²) in [7, 11) is 0. The molecule has 122 valence electrons. The number of aromatic nitrogens is 1. The van der Waals surface area contributed by atoms with Gasteiger partial charge in [0.05, 0.1) is 5.69 Å². The highest BCUT2D eigenvalue weighted by Gasteiger charge is 2.11. The number of carbonyl (C=O) groups is 1. The van der Waals surface area contributed by atoms with Gasteiger partial charge in [-0.25, -0.2) is 4.98 Å². The monoisotopic (exact) mass is 376 g/mol. The molecular formula is C18H14Cl2N2OS. The Hall–Kier alpha value is -1.88. The Kier molecular flexibility index (Phi) is 5.19. The maximum Gasteiger partial charge on any atom is 0.257 e. The van der Waals surface area contributed by atoms with E-state index in [1.165, 1.54) is 16.9 Å². The van der Waals surface area contributed by atoms with Crippen molar-refractivity contribution in [2.45, 2.75) is 13.3 Å². The summed E-state index contributed by atoms with van der Waals surface area (Å²) in [6.07, 6.45) is 1.00. The normalized spacial score (nSPS) is 10.6. The Bertz CT molecular complexity index is 855. The molecule has 2 aromatic carbocycles. The first-order chi connectivity index (χ1) is 11.5. The maximum atomic E-state index is 12.3. The summed E-state index contributed by atoms with van der Waals surface area (Å²) < 4.78 is 0. The number of benzene rings is 2. The van der Waals surface area contributed by atoms with Crippen molar-refractivity contribution in [1.29, 1.82) is 0 Å². The number of halogens is 2. The Labute approximate surface area is 154 Å². The lowest BCUT2D eigenvalue weighted by molar-refractivity contribution is 0.102. The first-order valence-corrected chi connectivity index (χ1v) is 9.01. The van der Waals surface area contributed by atoms with Gasteiger partial charge in [-0.15, -0.1) is 11.3 Å². The minimum Gasteiger partial charge on any atom is -0.298 e. The highest BCUT2D eigenvalue weighted by Crippen LogP contribution is 2.26. The number of hydrogen-bond donors (Lipinski definition) is 1. The van der Waals surface area contributed by atoms with Crippen LogP contribution in [0.5, 0.6) is 0 Å². The number of thiazole rings is 1. The van der Waals surface area contributed by atoms with Crippen molar-refractivity contribution in [1.82, 2.24) is 4.98 Å². The molecule has 0 aliphatic rings. The molecule has 3 aromatic rings. The van der Waals surface area contributed by atoms with Crippen LogP contribution in [0.15, 0.2) is 47.8 Å². The van der Waals surface area contributed by atoms with Gasteiger partial charge in [0.25, 0.3) is 5.91 Å². The maximum absolute atomic E-state index is 12.3. The van der Waals surface area contributed by atoms with E-state index in [-0.39, 0.29) is 5.91 Å². The van der Waals surface area contributed by atoms with Gasteiger partial charge < -0.3 is 0 Å². The van der Waals surface area contributed by atoms with Crippen molar-refractivity contribution in [3.8, 4) is 11.3 Å². The van der Waals surface area contributed by atoms with E-state index in [9.17, 15) is 4.79 Å². The van der Waals surface area contributed by atoms with E-state index >= 15 is 0 Å². The third kappa shape index (κ3) is 3.96. The highest BCUT2D eigenvalue weighted by atomic mass is 35.5. The van der Waals surface area contributed by atoms with E-state index in [1.807, 2.05) is 17.5 Å². The molecule has 1 amide bonds. The van der Waals surface area contributed by atoms with Gasteiger partial charge in [0, 0.05) is 26.6 Å². The van der Waals surface area contributed by atoms with Crippen LogP contribution < -0.4 is 5.32 Å². The zero-order valence-electron chi connectivity index (χ0n) is 12.8. The Morgan fingerprint density at radius 3 is 2.42 bits per heavy atom. The minimum atomic E-state index is -0.290. The molecule has 0 saturated heterocycles. The van der Waals surface area contributed by atoms with Crippen LogP contribution in [0.2, 0.25) is 10.0 Å². The summed E-state index contributed by atoms with van der Waals surface area (Å²) in [4.78, 5) is 16.8. The van der Waals surface area contributed by atoms with Crippen molar-refractivity contribution < 1.29 is 4.79 Å². The lowest BCUT2D eigenvalue weighted by Gasteiger charge is -2.03. The molecule has 0 aliphatic carbocycles. The van der Waals surface area contributed by atoms with Gasteiger partial charge >= 0.3 is 0 Å². The fourth-order valence-electron chi connectivity index (χ4n) is 2.23. The van der Waals surface area contributed by atoms with Crippen molar-refractivity contribution in [3.63, 3.8) is 0 Å². The molecule has 24 heavy (non-hydrogen) atoms. The average Bonchev–Trinajstić information content (AvgIpc) is 3.02. The van der Waals surface area contributed by atoms with E-state index < -0.39 is 0 Å². The third-order valence-electron chi connectivity index (χ3n) is 3.51. The fraction of sp³-hybridized carbons (Fsp3) is 0.111. The zero-order chi connectivity index (χ0) is 17.1. The molecular weight excluding hydrogens is 363 g/mol. The number of aryl methyl sites for hydroxylation is 1. The molecule has 1 aromatic heterocycles. The number of nitrogens with zero attached hydrogens (tertiary/aromatic N) is 1. The SMILES string of the molecule is CCc1ccc(-c2csc(NC(=O)c3cc(Cl)cc(Cl)c3)n2)cc1. The quantitative estimate of drug-likeness (QED) is 0.612. The van der Waals surface area contributed by atoms with E-state index in [4.69, 9.17) is 23.2 Å². The second-order valence-corrected chi connectivity index (χ2v) is 6.93. The Morgan fingerprint density at radius 1 is 1.12 bits per heavy atom. The molecule has 0 aliphatic heterocycles. The van der Waals surface area contributed by atoms with Crippen molar-refractivity contribution in [2.24, 2.45) is 0 Å². The lowest BCUT2D eigenvalue weighted by Crippen LogP contribution is -2.11. The number of amides is 1. The van der Waals surface area contributed by atoms with Gasteiger partial charge in [-0.3, -0.25) is 10.1 Å². The van der Waals surface area contributed by atoms with Crippen molar-refractivity contribution in [2.75, 3.05) is 5.32 Å². The summed E-state index contributed by atoms with van der Waals surface area (Å²) in [6, 6.07) is 13.0. The zero-order valence-corrected chi connectivity index (χ0v) is 15.2. The van der Waals surface area contributed by atoms with Crippen LogP contribution in [0, 0.1) is 0 Å². The van der Waals surface area contributed by atoms with Crippen LogP contribution in [0.25, 0.3) is 11.3 Å². The van der Waals surface area contributed by atoms with Gasteiger partial charge in [-0.1, -0.05) is 54.4 Å². The molecule has 6 heteroatoms.